The Morgan fingerprint density at radius 2 is 2.04 bits per heavy atom. The van der Waals surface area contributed by atoms with E-state index in [0.717, 1.165) is 28.8 Å². The van der Waals surface area contributed by atoms with Gasteiger partial charge in [-0.05, 0) is 30.7 Å². The van der Waals surface area contributed by atoms with Gasteiger partial charge in [-0.2, -0.15) is 0 Å². The third-order valence-electron chi connectivity index (χ3n) is 4.29. The molecule has 134 valence electrons. The first-order chi connectivity index (χ1) is 12.7. The highest BCUT2D eigenvalue weighted by Gasteiger charge is 2.25. The molecule has 0 amide bonds. The predicted molar refractivity (Wildman–Crippen MR) is 102 cm³/mol. The number of aromatic nitrogens is 2. The molecular weight excluding hydrogens is 330 g/mol. The summed E-state index contributed by atoms with van der Waals surface area (Å²) in [6.45, 7) is 2.71. The molecule has 4 rings (SSSR count). The van der Waals surface area contributed by atoms with E-state index in [2.05, 4.69) is 22.2 Å². The Morgan fingerprint density at radius 3 is 2.85 bits per heavy atom. The summed E-state index contributed by atoms with van der Waals surface area (Å²) in [6, 6.07) is 13.8. The summed E-state index contributed by atoms with van der Waals surface area (Å²) in [7, 11) is 1.63. The molecule has 0 saturated heterocycles. The van der Waals surface area contributed by atoms with E-state index in [1.54, 1.807) is 7.11 Å². The number of rotatable bonds is 5. The Kier molecular flexibility index (Phi) is 4.12. The molecule has 3 N–H and O–H groups in total. The van der Waals surface area contributed by atoms with Crippen LogP contribution in [0.1, 0.15) is 25.1 Å². The molecule has 0 spiro atoms. The lowest BCUT2D eigenvalue weighted by Gasteiger charge is -2.24. The Hall–Kier alpha value is -3.22. The predicted octanol–water partition coefficient (Wildman–Crippen LogP) is 3.12. The van der Waals surface area contributed by atoms with Gasteiger partial charge >= 0.3 is 0 Å². The van der Waals surface area contributed by atoms with Crippen molar-refractivity contribution in [1.82, 2.24) is 9.55 Å². The molecule has 0 aliphatic carbocycles. The zero-order valence-corrected chi connectivity index (χ0v) is 14.8. The van der Waals surface area contributed by atoms with E-state index in [9.17, 15) is 0 Å². The fourth-order valence-electron chi connectivity index (χ4n) is 3.12. The first-order valence-electron chi connectivity index (χ1n) is 8.59. The second-order valence-electron chi connectivity index (χ2n) is 6.07. The SMILES string of the molecule is CCCOc1ccc(C2N=C(N)Nc3nc4ccccc4n32)cc1OC. The molecule has 2 aromatic carbocycles. The lowest BCUT2D eigenvalue weighted by Crippen LogP contribution is -2.31. The molecule has 0 saturated carbocycles. The molecular formula is C19H21N5O2. The molecule has 1 aromatic heterocycles. The minimum Gasteiger partial charge on any atom is -0.493 e. The van der Waals surface area contributed by atoms with Crippen molar-refractivity contribution in [3.63, 3.8) is 0 Å². The number of nitrogens with two attached hydrogens (primary N) is 1. The smallest absolute Gasteiger partial charge is 0.212 e. The van der Waals surface area contributed by atoms with Crippen molar-refractivity contribution in [2.24, 2.45) is 10.7 Å². The Bertz CT molecular complexity index is 979. The first kappa shape index (κ1) is 16.3. The molecule has 1 atom stereocenters. The second kappa shape index (κ2) is 6.59. The largest absolute Gasteiger partial charge is 0.493 e. The number of para-hydroxylation sites is 2. The van der Waals surface area contributed by atoms with Crippen molar-refractivity contribution >= 4 is 22.9 Å². The van der Waals surface area contributed by atoms with Gasteiger partial charge < -0.3 is 15.2 Å². The maximum atomic E-state index is 5.99. The lowest BCUT2D eigenvalue weighted by molar-refractivity contribution is 0.294. The molecule has 7 nitrogen and oxygen atoms in total. The van der Waals surface area contributed by atoms with E-state index in [1.807, 2.05) is 47.0 Å². The second-order valence-corrected chi connectivity index (χ2v) is 6.07. The van der Waals surface area contributed by atoms with Crippen LogP contribution >= 0.6 is 0 Å². The summed E-state index contributed by atoms with van der Waals surface area (Å²) < 4.78 is 13.3. The highest BCUT2D eigenvalue weighted by molar-refractivity contribution is 5.94. The first-order valence-corrected chi connectivity index (χ1v) is 8.59. The van der Waals surface area contributed by atoms with E-state index in [1.165, 1.54) is 0 Å². The van der Waals surface area contributed by atoms with E-state index < -0.39 is 0 Å². The maximum absolute atomic E-state index is 5.99. The van der Waals surface area contributed by atoms with E-state index in [4.69, 9.17) is 15.2 Å². The van der Waals surface area contributed by atoms with Crippen molar-refractivity contribution in [3.8, 4) is 11.5 Å². The third kappa shape index (κ3) is 2.71. The molecule has 7 heteroatoms. The van der Waals surface area contributed by atoms with Crippen LogP contribution in [-0.4, -0.2) is 29.2 Å². The molecule has 1 unspecified atom stereocenters. The van der Waals surface area contributed by atoms with Crippen molar-refractivity contribution in [2.75, 3.05) is 19.0 Å². The Labute approximate surface area is 151 Å². The van der Waals surface area contributed by atoms with Crippen molar-refractivity contribution in [1.29, 1.82) is 0 Å². The number of methoxy groups -OCH3 is 1. The van der Waals surface area contributed by atoms with Gasteiger partial charge in [0.1, 0.15) is 0 Å². The summed E-state index contributed by atoms with van der Waals surface area (Å²) in [5, 5.41) is 3.04. The van der Waals surface area contributed by atoms with E-state index in [-0.39, 0.29) is 6.17 Å². The maximum Gasteiger partial charge on any atom is 0.212 e. The average Bonchev–Trinajstić information content (AvgIpc) is 3.03. The summed E-state index contributed by atoms with van der Waals surface area (Å²) >= 11 is 0. The number of benzene rings is 2. The number of imidazole rings is 1. The molecule has 0 radical (unpaired) electrons. The number of fused-ring (bicyclic) bond motifs is 3. The summed E-state index contributed by atoms with van der Waals surface area (Å²) in [5.41, 5.74) is 8.82. The standard InChI is InChI=1S/C19H21N5O2/c1-3-10-26-15-9-8-12(11-16(15)25-2)17-22-18(20)23-19-21-13-6-4-5-7-14(13)24(17)19/h4-9,11,17H,3,10H2,1-2H3,(H3,20,21,22,23). The van der Waals surface area contributed by atoms with Crippen molar-refractivity contribution in [3.05, 3.63) is 48.0 Å². The minimum atomic E-state index is -0.326. The van der Waals surface area contributed by atoms with Crippen LogP contribution in [0.25, 0.3) is 11.0 Å². The number of nitrogens with zero attached hydrogens (tertiary/aromatic N) is 3. The van der Waals surface area contributed by atoms with Crippen LogP contribution < -0.4 is 20.5 Å². The van der Waals surface area contributed by atoms with Crippen LogP contribution in [0, 0.1) is 0 Å². The van der Waals surface area contributed by atoms with Crippen LogP contribution in [0.5, 0.6) is 11.5 Å². The van der Waals surface area contributed by atoms with Crippen molar-refractivity contribution < 1.29 is 9.47 Å². The van der Waals surface area contributed by atoms with Gasteiger partial charge in [0, 0.05) is 5.56 Å². The number of hydrogen-bond donors (Lipinski definition) is 2. The fraction of sp³-hybridized carbons (Fsp3) is 0.263. The summed E-state index contributed by atoms with van der Waals surface area (Å²) in [4.78, 5) is 9.21. The van der Waals surface area contributed by atoms with Gasteiger partial charge in [-0.1, -0.05) is 25.1 Å². The number of anilines is 1. The molecule has 0 bridgehead atoms. The van der Waals surface area contributed by atoms with Crippen LogP contribution in [0.2, 0.25) is 0 Å². The molecule has 26 heavy (non-hydrogen) atoms. The van der Waals surface area contributed by atoms with Crippen LogP contribution in [0.3, 0.4) is 0 Å². The molecule has 2 heterocycles. The Morgan fingerprint density at radius 1 is 1.19 bits per heavy atom. The van der Waals surface area contributed by atoms with Crippen LogP contribution in [-0.2, 0) is 0 Å². The van der Waals surface area contributed by atoms with Gasteiger partial charge in [-0.3, -0.25) is 9.88 Å². The summed E-state index contributed by atoms with van der Waals surface area (Å²) in [6.07, 6.45) is 0.609. The fourth-order valence-corrected chi connectivity index (χ4v) is 3.12. The summed E-state index contributed by atoms with van der Waals surface area (Å²) in [5.74, 6) is 2.41. The quantitative estimate of drug-likeness (QED) is 0.737. The van der Waals surface area contributed by atoms with Gasteiger partial charge in [0.25, 0.3) is 0 Å². The van der Waals surface area contributed by atoms with Gasteiger partial charge in [-0.15, -0.1) is 0 Å². The monoisotopic (exact) mass is 351 g/mol. The number of hydrogen-bond acceptors (Lipinski definition) is 6. The highest BCUT2D eigenvalue weighted by Crippen LogP contribution is 2.36. The zero-order chi connectivity index (χ0) is 18.1. The minimum absolute atomic E-state index is 0.326. The lowest BCUT2D eigenvalue weighted by atomic mass is 10.1. The molecule has 1 aliphatic heterocycles. The number of aliphatic imine (C=N–C) groups is 1. The third-order valence-corrected chi connectivity index (χ3v) is 4.29. The van der Waals surface area contributed by atoms with Gasteiger partial charge in [0.15, 0.2) is 23.6 Å². The molecule has 3 aromatic rings. The number of ether oxygens (including phenoxy) is 2. The van der Waals surface area contributed by atoms with Crippen molar-refractivity contribution in [2.45, 2.75) is 19.5 Å². The Balaban J connectivity index is 1.81. The number of nitrogens with one attached hydrogen (secondary N) is 1. The normalized spacial score (nSPS) is 15.9. The zero-order valence-electron chi connectivity index (χ0n) is 14.8. The average molecular weight is 351 g/mol. The highest BCUT2D eigenvalue weighted by atomic mass is 16.5. The number of guanidine groups is 1. The van der Waals surface area contributed by atoms with Crippen LogP contribution in [0.4, 0.5) is 5.95 Å². The molecule has 0 fully saturated rings. The van der Waals surface area contributed by atoms with E-state index >= 15 is 0 Å². The van der Waals surface area contributed by atoms with E-state index in [0.29, 0.717) is 24.3 Å². The van der Waals surface area contributed by atoms with Gasteiger partial charge in [-0.25, -0.2) is 9.98 Å². The molecule has 1 aliphatic rings. The van der Waals surface area contributed by atoms with Gasteiger partial charge in [0.05, 0.1) is 24.8 Å². The topological polar surface area (TPSA) is 86.7 Å². The van der Waals surface area contributed by atoms with Crippen LogP contribution in [0.15, 0.2) is 47.5 Å². The van der Waals surface area contributed by atoms with Gasteiger partial charge in [0.2, 0.25) is 5.95 Å².